The van der Waals surface area contributed by atoms with Gasteiger partial charge < -0.3 is 15.1 Å². The number of hydrogen-bond acceptors (Lipinski definition) is 5. The Hall–Kier alpha value is -3.52. The van der Waals surface area contributed by atoms with Crippen LogP contribution in [0.5, 0.6) is 0 Å². The Morgan fingerprint density at radius 1 is 1.23 bits per heavy atom. The number of anilines is 1. The molecule has 0 aliphatic carbocycles. The lowest BCUT2D eigenvalue weighted by molar-refractivity contribution is -0.126. The number of amides is 2. The molecule has 30 heavy (non-hydrogen) atoms. The molecule has 3 heterocycles. The Labute approximate surface area is 174 Å². The molecule has 8 heteroatoms. The first-order chi connectivity index (χ1) is 14.6. The predicted molar refractivity (Wildman–Crippen MR) is 112 cm³/mol. The van der Waals surface area contributed by atoms with Crippen LogP contribution in [-0.2, 0) is 16.1 Å². The average Bonchev–Trinajstić information content (AvgIpc) is 3.37. The van der Waals surface area contributed by atoms with Crippen LogP contribution in [0.4, 0.5) is 10.1 Å². The van der Waals surface area contributed by atoms with E-state index >= 15 is 0 Å². The minimum atomic E-state index is -0.673. The van der Waals surface area contributed by atoms with Crippen LogP contribution in [0.25, 0.3) is 21.0 Å². The summed E-state index contributed by atoms with van der Waals surface area (Å²) in [4.78, 5) is 29.2. The van der Waals surface area contributed by atoms with Gasteiger partial charge in [0.25, 0.3) is 0 Å². The molecule has 0 bridgehead atoms. The lowest BCUT2D eigenvalue weighted by Gasteiger charge is -2.24. The van der Waals surface area contributed by atoms with Crippen molar-refractivity contribution in [1.29, 1.82) is 0 Å². The molecule has 0 saturated heterocycles. The molecular formula is C22H16FN3O3S. The monoisotopic (exact) mass is 421 g/mol. The highest BCUT2D eigenvalue weighted by Crippen LogP contribution is 2.33. The number of fused-ring (bicyclic) bond motifs is 2. The lowest BCUT2D eigenvalue weighted by atomic mass is 9.89. The summed E-state index contributed by atoms with van der Waals surface area (Å²) in [7, 11) is 0. The van der Waals surface area contributed by atoms with Gasteiger partial charge in [0, 0.05) is 12.1 Å². The number of benzene rings is 2. The second-order valence-electron chi connectivity index (χ2n) is 7.01. The molecule has 0 radical (unpaired) electrons. The molecule has 5 rings (SSSR count). The molecule has 0 fully saturated rings. The van der Waals surface area contributed by atoms with Gasteiger partial charge in [0.2, 0.25) is 11.8 Å². The number of nitrogens with one attached hydrogen (secondary N) is 2. The average molecular weight is 421 g/mol. The number of carbonyl (C=O) groups is 2. The third-order valence-corrected chi connectivity index (χ3v) is 6.02. The van der Waals surface area contributed by atoms with E-state index in [1.807, 2.05) is 30.3 Å². The van der Waals surface area contributed by atoms with Crippen molar-refractivity contribution >= 4 is 39.1 Å². The van der Waals surface area contributed by atoms with Crippen LogP contribution in [0, 0.1) is 5.82 Å². The summed E-state index contributed by atoms with van der Waals surface area (Å²) in [6, 6.07) is 15.5. The Bertz CT molecular complexity index is 1250. The van der Waals surface area contributed by atoms with Crippen molar-refractivity contribution in [2.45, 2.75) is 18.9 Å². The van der Waals surface area contributed by atoms with Crippen molar-refractivity contribution in [2.24, 2.45) is 0 Å². The molecule has 1 aliphatic rings. The summed E-state index contributed by atoms with van der Waals surface area (Å²) < 4.78 is 20.4. The summed E-state index contributed by atoms with van der Waals surface area (Å²) in [5.41, 5.74) is 1.85. The normalized spacial score (nSPS) is 15.6. The van der Waals surface area contributed by atoms with Gasteiger partial charge in [0.05, 0.1) is 22.7 Å². The van der Waals surface area contributed by atoms with Gasteiger partial charge in [-0.15, -0.1) is 11.3 Å². The largest absolute Gasteiger partial charge is 0.457 e. The van der Waals surface area contributed by atoms with Crippen molar-refractivity contribution in [3.05, 3.63) is 71.7 Å². The van der Waals surface area contributed by atoms with Crippen LogP contribution >= 0.6 is 11.3 Å². The maximum absolute atomic E-state index is 13.5. The van der Waals surface area contributed by atoms with Crippen LogP contribution in [-0.4, -0.2) is 16.8 Å². The molecule has 0 unspecified atom stereocenters. The molecule has 1 aliphatic heterocycles. The summed E-state index contributed by atoms with van der Waals surface area (Å²) in [6.07, 6.45) is 0.0135. The topological polar surface area (TPSA) is 84.2 Å². The fraction of sp³-hybridized carbons (Fsp3) is 0.136. The number of thiazole rings is 1. The third-order valence-electron chi connectivity index (χ3n) is 4.97. The SMILES string of the molecule is O=C1C[C@@H](C(=O)NCc2ccc(-c3nc4ccccc4s3)o2)c2ccc(F)cc2N1. The second-order valence-corrected chi connectivity index (χ2v) is 8.04. The maximum Gasteiger partial charge on any atom is 0.228 e. The predicted octanol–water partition coefficient (Wildman–Crippen LogP) is 4.44. The minimum Gasteiger partial charge on any atom is -0.457 e. The van der Waals surface area contributed by atoms with E-state index in [0.29, 0.717) is 22.8 Å². The van der Waals surface area contributed by atoms with E-state index in [2.05, 4.69) is 15.6 Å². The Kier molecular flexibility index (Phi) is 4.55. The zero-order chi connectivity index (χ0) is 20.7. The number of halogens is 1. The van der Waals surface area contributed by atoms with Gasteiger partial charge in [-0.2, -0.15) is 0 Å². The van der Waals surface area contributed by atoms with E-state index in [1.165, 1.54) is 29.5 Å². The summed E-state index contributed by atoms with van der Waals surface area (Å²) in [6.45, 7) is 0.179. The maximum atomic E-state index is 13.5. The molecule has 1 atom stereocenters. The van der Waals surface area contributed by atoms with Crippen molar-refractivity contribution in [1.82, 2.24) is 10.3 Å². The van der Waals surface area contributed by atoms with Gasteiger partial charge in [-0.3, -0.25) is 9.59 Å². The fourth-order valence-corrected chi connectivity index (χ4v) is 4.46. The Morgan fingerprint density at radius 3 is 2.97 bits per heavy atom. The van der Waals surface area contributed by atoms with Gasteiger partial charge in [-0.1, -0.05) is 18.2 Å². The van der Waals surface area contributed by atoms with Gasteiger partial charge in [-0.25, -0.2) is 9.37 Å². The highest BCUT2D eigenvalue weighted by Gasteiger charge is 2.31. The smallest absolute Gasteiger partial charge is 0.228 e. The molecule has 6 nitrogen and oxygen atoms in total. The van der Waals surface area contributed by atoms with Crippen molar-refractivity contribution in [2.75, 3.05) is 5.32 Å². The van der Waals surface area contributed by atoms with E-state index in [9.17, 15) is 14.0 Å². The lowest BCUT2D eigenvalue weighted by Crippen LogP contribution is -2.34. The number of hydrogen-bond donors (Lipinski definition) is 2. The van der Waals surface area contributed by atoms with Crippen LogP contribution in [0.2, 0.25) is 0 Å². The van der Waals surface area contributed by atoms with E-state index < -0.39 is 11.7 Å². The zero-order valence-corrected chi connectivity index (χ0v) is 16.5. The van der Waals surface area contributed by atoms with Crippen LogP contribution in [0.1, 0.15) is 23.7 Å². The Morgan fingerprint density at radius 2 is 2.10 bits per heavy atom. The first kappa shape index (κ1) is 18.5. The van der Waals surface area contributed by atoms with E-state index in [-0.39, 0.29) is 24.8 Å². The molecule has 2 N–H and O–H groups in total. The van der Waals surface area contributed by atoms with Crippen molar-refractivity contribution in [3.8, 4) is 10.8 Å². The highest BCUT2D eigenvalue weighted by atomic mass is 32.1. The van der Waals surface area contributed by atoms with E-state index in [0.717, 1.165) is 15.2 Å². The quantitative estimate of drug-likeness (QED) is 0.510. The van der Waals surface area contributed by atoms with Crippen molar-refractivity contribution in [3.63, 3.8) is 0 Å². The summed E-state index contributed by atoms with van der Waals surface area (Å²) in [5.74, 6) is -0.545. The first-order valence-corrected chi connectivity index (χ1v) is 10.2. The molecule has 4 aromatic rings. The summed E-state index contributed by atoms with van der Waals surface area (Å²) >= 11 is 1.54. The molecular weight excluding hydrogens is 405 g/mol. The number of furan rings is 1. The van der Waals surface area contributed by atoms with Crippen LogP contribution in [0.15, 0.2) is 59.0 Å². The van der Waals surface area contributed by atoms with E-state index in [1.54, 1.807) is 6.07 Å². The number of para-hydroxylation sites is 1. The van der Waals surface area contributed by atoms with Gasteiger partial charge in [-0.05, 0) is 42.0 Å². The number of aromatic nitrogens is 1. The number of nitrogens with zero attached hydrogens (tertiary/aromatic N) is 1. The highest BCUT2D eigenvalue weighted by molar-refractivity contribution is 7.21. The first-order valence-electron chi connectivity index (χ1n) is 9.38. The third kappa shape index (κ3) is 3.46. The van der Waals surface area contributed by atoms with Crippen LogP contribution in [0.3, 0.4) is 0 Å². The Balaban J connectivity index is 1.30. The fourth-order valence-electron chi connectivity index (χ4n) is 3.53. The van der Waals surface area contributed by atoms with Gasteiger partial charge in [0.15, 0.2) is 10.8 Å². The zero-order valence-electron chi connectivity index (χ0n) is 15.6. The molecule has 150 valence electrons. The standard InChI is InChI=1S/C22H16FN3O3S/c23-12-5-7-14-15(10-20(27)25-17(14)9-12)21(28)24-11-13-6-8-18(29-13)22-26-16-3-1-2-4-19(16)30-22/h1-9,15H,10-11H2,(H,24,28)(H,25,27)/t15-/m1/s1. The second kappa shape index (κ2) is 7.38. The number of rotatable bonds is 4. The van der Waals surface area contributed by atoms with E-state index in [4.69, 9.17) is 4.42 Å². The van der Waals surface area contributed by atoms with Gasteiger partial charge in [0.1, 0.15) is 11.6 Å². The van der Waals surface area contributed by atoms with Crippen molar-refractivity contribution < 1.29 is 18.4 Å². The van der Waals surface area contributed by atoms with Gasteiger partial charge >= 0.3 is 0 Å². The summed E-state index contributed by atoms with van der Waals surface area (Å²) in [5, 5.41) is 6.19. The molecule has 0 spiro atoms. The minimum absolute atomic E-state index is 0.0135. The molecule has 0 saturated carbocycles. The molecule has 2 aromatic heterocycles. The molecule has 2 amide bonds. The van der Waals surface area contributed by atoms with Crippen LogP contribution < -0.4 is 10.6 Å². The number of carbonyl (C=O) groups excluding carboxylic acids is 2. The molecule has 2 aromatic carbocycles.